The summed E-state index contributed by atoms with van der Waals surface area (Å²) in [5.74, 6) is 0.437. The molecule has 1 aromatic heterocycles. The molecule has 1 aliphatic rings. The maximum absolute atomic E-state index is 12.8. The van der Waals surface area contributed by atoms with Gasteiger partial charge in [-0.2, -0.15) is 0 Å². The van der Waals surface area contributed by atoms with Gasteiger partial charge in [-0.15, -0.1) is 0 Å². The summed E-state index contributed by atoms with van der Waals surface area (Å²) in [6.45, 7) is 15.4. The first-order chi connectivity index (χ1) is 13.3. The fourth-order valence-electron chi connectivity index (χ4n) is 3.32. The summed E-state index contributed by atoms with van der Waals surface area (Å²) in [5.41, 5.74) is 3.30. The zero-order chi connectivity index (χ0) is 20.3. The van der Waals surface area contributed by atoms with Crippen LogP contribution in [0.1, 0.15) is 49.4 Å². The second kappa shape index (κ2) is 8.27. The van der Waals surface area contributed by atoms with Gasteiger partial charge in [0.05, 0.1) is 0 Å². The predicted molar refractivity (Wildman–Crippen MR) is 114 cm³/mol. The Morgan fingerprint density at radius 3 is 2.29 bits per heavy atom. The van der Waals surface area contributed by atoms with Gasteiger partial charge in [0.2, 0.25) is 5.95 Å². The monoisotopic (exact) mass is 381 g/mol. The Hall–Kier alpha value is -2.47. The smallest absolute Gasteiger partial charge is 0.274 e. The number of hydrogen-bond donors (Lipinski definition) is 1. The van der Waals surface area contributed by atoms with Gasteiger partial charge in [-0.25, -0.2) is 9.97 Å². The molecule has 28 heavy (non-hydrogen) atoms. The lowest BCUT2D eigenvalue weighted by Gasteiger charge is -2.34. The highest BCUT2D eigenvalue weighted by molar-refractivity contribution is 6.03. The van der Waals surface area contributed by atoms with Crippen LogP contribution >= 0.6 is 0 Å². The SMILES string of the molecule is CCN1CCN(c2nc(C)cc(C(=O)Nc3ccc(C(C)(C)C)cc3)n2)CC1. The summed E-state index contributed by atoms with van der Waals surface area (Å²) in [6, 6.07) is 9.73. The van der Waals surface area contributed by atoms with Crippen molar-refractivity contribution in [2.75, 3.05) is 42.9 Å². The maximum atomic E-state index is 12.8. The lowest BCUT2D eigenvalue weighted by Crippen LogP contribution is -2.47. The average Bonchev–Trinajstić information content (AvgIpc) is 2.67. The quantitative estimate of drug-likeness (QED) is 0.879. The number of nitrogens with one attached hydrogen (secondary N) is 1. The lowest BCUT2D eigenvalue weighted by atomic mass is 9.87. The number of benzene rings is 1. The molecule has 0 radical (unpaired) electrons. The summed E-state index contributed by atoms with van der Waals surface area (Å²) in [4.78, 5) is 26.4. The molecule has 1 aromatic carbocycles. The Balaban J connectivity index is 1.72. The summed E-state index contributed by atoms with van der Waals surface area (Å²) in [6.07, 6.45) is 0. The molecule has 0 unspecified atom stereocenters. The zero-order valence-electron chi connectivity index (χ0n) is 17.6. The fourth-order valence-corrected chi connectivity index (χ4v) is 3.32. The number of amides is 1. The van der Waals surface area contributed by atoms with Crippen molar-refractivity contribution in [3.05, 3.63) is 47.3 Å². The first-order valence-electron chi connectivity index (χ1n) is 10.0. The second-order valence-electron chi connectivity index (χ2n) is 8.40. The standard InChI is InChI=1S/C22H31N5O/c1-6-26-11-13-27(14-12-26)21-23-16(2)15-19(25-21)20(28)24-18-9-7-17(8-10-18)22(3,4)5/h7-10,15H,6,11-14H2,1-5H3,(H,24,28). The molecular weight excluding hydrogens is 350 g/mol. The largest absolute Gasteiger partial charge is 0.338 e. The van der Waals surface area contributed by atoms with Crippen molar-refractivity contribution in [2.45, 2.75) is 40.0 Å². The first-order valence-corrected chi connectivity index (χ1v) is 10.0. The van der Waals surface area contributed by atoms with Gasteiger partial charge < -0.3 is 15.1 Å². The van der Waals surface area contributed by atoms with Gasteiger partial charge in [-0.3, -0.25) is 4.79 Å². The third kappa shape index (κ3) is 4.87. The predicted octanol–water partition coefficient (Wildman–Crippen LogP) is 3.48. The average molecular weight is 382 g/mol. The van der Waals surface area contributed by atoms with Crippen LogP contribution in [0, 0.1) is 6.92 Å². The molecule has 1 fully saturated rings. The maximum Gasteiger partial charge on any atom is 0.274 e. The Morgan fingerprint density at radius 1 is 1.07 bits per heavy atom. The van der Waals surface area contributed by atoms with E-state index in [2.05, 4.69) is 64.9 Å². The molecule has 1 saturated heterocycles. The molecule has 2 aromatic rings. The molecule has 2 heterocycles. The van der Waals surface area contributed by atoms with Crippen molar-refractivity contribution in [1.29, 1.82) is 0 Å². The van der Waals surface area contributed by atoms with Gasteiger partial charge in [-0.1, -0.05) is 39.8 Å². The minimum absolute atomic E-state index is 0.0863. The van der Waals surface area contributed by atoms with E-state index in [1.165, 1.54) is 5.56 Å². The number of likely N-dealkylation sites (N-methyl/N-ethyl adjacent to an activating group) is 1. The number of carbonyl (C=O) groups is 1. The third-order valence-corrected chi connectivity index (χ3v) is 5.19. The van der Waals surface area contributed by atoms with Crippen molar-refractivity contribution in [3.63, 3.8) is 0 Å². The Morgan fingerprint density at radius 2 is 1.71 bits per heavy atom. The zero-order valence-corrected chi connectivity index (χ0v) is 17.6. The van der Waals surface area contributed by atoms with Crippen molar-refractivity contribution in [2.24, 2.45) is 0 Å². The Kier molecular flexibility index (Phi) is 5.98. The minimum Gasteiger partial charge on any atom is -0.338 e. The topological polar surface area (TPSA) is 61.4 Å². The van der Waals surface area contributed by atoms with Crippen molar-refractivity contribution >= 4 is 17.5 Å². The fraction of sp³-hybridized carbons (Fsp3) is 0.500. The van der Waals surface area contributed by atoms with Gasteiger partial charge in [0.25, 0.3) is 5.91 Å². The van der Waals surface area contributed by atoms with E-state index in [0.29, 0.717) is 11.6 Å². The van der Waals surface area contributed by atoms with Crippen LogP contribution in [0.2, 0.25) is 0 Å². The molecule has 0 spiro atoms. The van der Waals surface area contributed by atoms with Gasteiger partial charge >= 0.3 is 0 Å². The summed E-state index contributed by atoms with van der Waals surface area (Å²) < 4.78 is 0. The van der Waals surface area contributed by atoms with E-state index in [1.807, 2.05) is 19.1 Å². The minimum atomic E-state index is -0.206. The van der Waals surface area contributed by atoms with Gasteiger partial charge in [0, 0.05) is 37.6 Å². The number of hydrogen-bond acceptors (Lipinski definition) is 5. The van der Waals surface area contributed by atoms with Crippen LogP contribution in [-0.2, 0) is 5.41 Å². The van der Waals surface area contributed by atoms with E-state index in [1.54, 1.807) is 6.07 Å². The number of rotatable bonds is 4. The van der Waals surface area contributed by atoms with E-state index < -0.39 is 0 Å². The molecule has 1 aliphatic heterocycles. The van der Waals surface area contributed by atoms with Crippen LogP contribution in [0.5, 0.6) is 0 Å². The van der Waals surface area contributed by atoms with Crippen molar-refractivity contribution in [1.82, 2.24) is 14.9 Å². The van der Waals surface area contributed by atoms with Crippen LogP contribution in [0.3, 0.4) is 0 Å². The number of piperazine rings is 1. The highest BCUT2D eigenvalue weighted by Crippen LogP contribution is 2.23. The molecule has 0 saturated carbocycles. The van der Waals surface area contributed by atoms with Crippen LogP contribution in [0.4, 0.5) is 11.6 Å². The van der Waals surface area contributed by atoms with Gasteiger partial charge in [0.1, 0.15) is 5.69 Å². The first kappa shape index (κ1) is 20.3. The molecule has 1 N–H and O–H groups in total. The molecule has 0 atom stereocenters. The van der Waals surface area contributed by atoms with E-state index in [9.17, 15) is 4.79 Å². The highest BCUT2D eigenvalue weighted by atomic mass is 16.1. The molecule has 1 amide bonds. The normalized spacial score (nSPS) is 15.5. The number of carbonyl (C=O) groups excluding carboxylic acids is 1. The van der Waals surface area contributed by atoms with Crippen molar-refractivity contribution in [3.8, 4) is 0 Å². The molecule has 3 rings (SSSR count). The summed E-state index contributed by atoms with van der Waals surface area (Å²) in [7, 11) is 0. The lowest BCUT2D eigenvalue weighted by molar-refractivity contribution is 0.102. The summed E-state index contributed by atoms with van der Waals surface area (Å²) >= 11 is 0. The van der Waals surface area contributed by atoms with Crippen LogP contribution in [0.15, 0.2) is 30.3 Å². The van der Waals surface area contributed by atoms with Crippen LogP contribution < -0.4 is 10.2 Å². The molecule has 150 valence electrons. The second-order valence-corrected chi connectivity index (χ2v) is 8.40. The van der Waals surface area contributed by atoms with Crippen LogP contribution in [0.25, 0.3) is 0 Å². The van der Waals surface area contributed by atoms with Gasteiger partial charge in [-0.05, 0) is 42.6 Å². The van der Waals surface area contributed by atoms with Crippen molar-refractivity contribution < 1.29 is 4.79 Å². The van der Waals surface area contributed by atoms with Crippen LogP contribution in [-0.4, -0.2) is 53.5 Å². The Labute approximate surface area is 168 Å². The highest BCUT2D eigenvalue weighted by Gasteiger charge is 2.20. The Bertz CT molecular complexity index is 818. The molecule has 0 bridgehead atoms. The van der Waals surface area contributed by atoms with E-state index in [4.69, 9.17) is 0 Å². The molecular formula is C22H31N5O. The number of aromatic nitrogens is 2. The summed E-state index contributed by atoms with van der Waals surface area (Å²) in [5, 5.41) is 2.95. The van der Waals surface area contributed by atoms with E-state index >= 15 is 0 Å². The molecule has 0 aliphatic carbocycles. The third-order valence-electron chi connectivity index (χ3n) is 5.19. The number of aryl methyl sites for hydroxylation is 1. The van der Waals surface area contributed by atoms with Gasteiger partial charge in [0.15, 0.2) is 0 Å². The number of nitrogens with zero attached hydrogens (tertiary/aromatic N) is 4. The number of anilines is 2. The van der Waals surface area contributed by atoms with E-state index in [-0.39, 0.29) is 11.3 Å². The van der Waals surface area contributed by atoms with E-state index in [0.717, 1.165) is 44.1 Å². The molecule has 6 nitrogen and oxygen atoms in total. The molecule has 6 heteroatoms.